The summed E-state index contributed by atoms with van der Waals surface area (Å²) in [5.41, 5.74) is 12.3. The fourth-order valence-corrected chi connectivity index (χ4v) is 10.0. The maximum Gasteiger partial charge on any atom is 0.162 e. The molecule has 0 unspecified atom stereocenters. The molecule has 0 atom stereocenters. The van der Waals surface area contributed by atoms with E-state index in [1.807, 2.05) is 0 Å². The molecule has 0 amide bonds. The lowest BCUT2D eigenvalue weighted by Crippen LogP contribution is -2.31. The molecule has 0 N–H and O–H groups in total. The molecular formula is C59H40N4. The number of hydrogen-bond donors (Lipinski definition) is 0. The van der Waals surface area contributed by atoms with Crippen LogP contribution in [0.2, 0.25) is 0 Å². The lowest BCUT2D eigenvalue weighted by molar-refractivity contribution is 0.745. The van der Waals surface area contributed by atoms with Crippen molar-refractivity contribution in [3.63, 3.8) is 0 Å². The highest BCUT2D eigenvalue weighted by Crippen LogP contribution is 2.46. The molecule has 4 nitrogen and oxygen atoms in total. The molecule has 4 heteroatoms. The van der Waals surface area contributed by atoms with E-state index in [1.54, 1.807) is 0 Å². The monoisotopic (exact) mass is 804 g/mol. The molecule has 0 saturated heterocycles. The van der Waals surface area contributed by atoms with Gasteiger partial charge in [-0.1, -0.05) is 200 Å². The van der Waals surface area contributed by atoms with Crippen molar-refractivity contribution in [1.82, 2.24) is 19.1 Å². The maximum absolute atomic E-state index is 5.58. The first-order chi connectivity index (χ1) is 31.3. The number of benzene rings is 9. The minimum Gasteiger partial charge on any atom is -0.309 e. The number of nitrogens with zero attached hydrogens (tertiary/aromatic N) is 4. The highest BCUT2D eigenvalue weighted by atomic mass is 15.1. The van der Waals surface area contributed by atoms with Gasteiger partial charge in [0.15, 0.2) is 5.82 Å². The summed E-state index contributed by atoms with van der Waals surface area (Å²) in [5, 5.41) is 4.79. The van der Waals surface area contributed by atoms with Crippen LogP contribution >= 0.6 is 0 Å². The Hall–Kier alpha value is -8.34. The molecule has 3 aromatic heterocycles. The molecule has 63 heavy (non-hydrogen) atoms. The topological polar surface area (TPSA) is 35.6 Å². The van der Waals surface area contributed by atoms with Crippen LogP contribution in [0.15, 0.2) is 243 Å². The Labute approximate surface area is 365 Å². The smallest absolute Gasteiger partial charge is 0.162 e. The highest BCUT2D eigenvalue weighted by molar-refractivity contribution is 6.10. The van der Waals surface area contributed by atoms with Crippen molar-refractivity contribution in [3.8, 4) is 34.2 Å². The van der Waals surface area contributed by atoms with Gasteiger partial charge in [0.25, 0.3) is 0 Å². The van der Waals surface area contributed by atoms with Gasteiger partial charge in [-0.3, -0.25) is 4.57 Å². The third kappa shape index (κ3) is 5.84. The second-order valence-corrected chi connectivity index (χ2v) is 16.1. The van der Waals surface area contributed by atoms with Crippen molar-refractivity contribution in [2.75, 3.05) is 0 Å². The summed E-state index contributed by atoms with van der Waals surface area (Å²) in [4.78, 5) is 11.1. The molecule has 9 aromatic carbocycles. The zero-order chi connectivity index (χ0) is 41.7. The largest absolute Gasteiger partial charge is 0.309 e. The van der Waals surface area contributed by atoms with E-state index in [2.05, 4.69) is 252 Å². The van der Waals surface area contributed by atoms with Gasteiger partial charge in [0.1, 0.15) is 5.82 Å². The molecule has 3 heterocycles. The molecule has 0 aliphatic carbocycles. The number of para-hydroxylation sites is 5. The van der Waals surface area contributed by atoms with Gasteiger partial charge in [0.2, 0.25) is 0 Å². The lowest BCUT2D eigenvalue weighted by atomic mass is 9.65. The molecule has 0 aliphatic heterocycles. The van der Waals surface area contributed by atoms with Gasteiger partial charge in [-0.05, 0) is 58.7 Å². The van der Waals surface area contributed by atoms with E-state index in [9.17, 15) is 0 Å². The molecular weight excluding hydrogens is 765 g/mol. The zero-order valence-corrected chi connectivity index (χ0v) is 34.4. The maximum atomic E-state index is 5.58. The van der Waals surface area contributed by atoms with E-state index in [-0.39, 0.29) is 0 Å². The molecule has 0 bridgehead atoms. The average molecular weight is 805 g/mol. The molecule has 0 aliphatic rings. The van der Waals surface area contributed by atoms with Gasteiger partial charge in [-0.25, -0.2) is 9.97 Å². The summed E-state index contributed by atoms with van der Waals surface area (Å²) < 4.78 is 4.69. The van der Waals surface area contributed by atoms with Gasteiger partial charge in [0, 0.05) is 38.7 Å². The standard InChI is InChI=1S/C59H40N4/c1-4-22-42(23-5-1)59(43-24-6-2-7-25-43,44-26-8-3-9-27-44)45-28-20-21-41(39-45)58-60-51(40-57(61-58)63-54-36-17-12-31-48(54)49-32-13-18-37-55(49)63)50-33-14-19-38-56(50)62-52-34-15-10-29-46(52)47-30-11-16-35-53(47)62/h1-40H. The van der Waals surface area contributed by atoms with Crippen LogP contribution in [0.4, 0.5) is 0 Å². The molecule has 12 rings (SSSR count). The van der Waals surface area contributed by atoms with Crippen LogP contribution in [0.5, 0.6) is 0 Å². The van der Waals surface area contributed by atoms with E-state index < -0.39 is 5.41 Å². The van der Waals surface area contributed by atoms with Gasteiger partial charge in [-0.15, -0.1) is 0 Å². The minimum atomic E-state index is -0.629. The molecule has 12 aromatic rings. The highest BCUT2D eigenvalue weighted by Gasteiger charge is 2.38. The molecule has 0 spiro atoms. The van der Waals surface area contributed by atoms with Gasteiger partial charge in [0.05, 0.1) is 38.9 Å². The fraction of sp³-hybridized carbons (Fsp3) is 0.0169. The predicted octanol–water partition coefficient (Wildman–Crippen LogP) is 14.4. The Morgan fingerprint density at radius 3 is 1.24 bits per heavy atom. The van der Waals surface area contributed by atoms with Crippen molar-refractivity contribution >= 4 is 43.6 Å². The Kier molecular flexibility index (Phi) is 8.68. The summed E-state index contributed by atoms with van der Waals surface area (Å²) in [7, 11) is 0. The first kappa shape index (κ1) is 36.5. The van der Waals surface area contributed by atoms with Crippen LogP contribution in [0.25, 0.3) is 77.8 Å². The SMILES string of the molecule is c1ccc(C(c2ccccc2)(c2ccccc2)c2cccc(-c3nc(-c4ccccc4-n4c5ccccc5c5ccccc54)cc(-n4c5ccccc5c5ccccc54)n3)c2)cc1. The minimum absolute atomic E-state index is 0.629. The predicted molar refractivity (Wildman–Crippen MR) is 260 cm³/mol. The average Bonchev–Trinajstić information content (AvgIpc) is 3.88. The quantitative estimate of drug-likeness (QED) is 0.143. The number of fused-ring (bicyclic) bond motifs is 6. The van der Waals surface area contributed by atoms with Crippen LogP contribution in [0.1, 0.15) is 22.3 Å². The second-order valence-electron chi connectivity index (χ2n) is 16.1. The Balaban J connectivity index is 1.15. The molecule has 0 saturated carbocycles. The normalized spacial score (nSPS) is 11.8. The van der Waals surface area contributed by atoms with E-state index in [1.165, 1.54) is 38.2 Å². The van der Waals surface area contributed by atoms with Gasteiger partial charge < -0.3 is 4.57 Å². The number of rotatable bonds is 8. The second kappa shape index (κ2) is 15.0. The Morgan fingerprint density at radius 2 is 0.730 bits per heavy atom. The van der Waals surface area contributed by atoms with Crippen molar-refractivity contribution in [3.05, 3.63) is 265 Å². The van der Waals surface area contributed by atoms with Gasteiger partial charge in [-0.2, -0.15) is 0 Å². The van der Waals surface area contributed by atoms with Crippen LogP contribution < -0.4 is 0 Å². The first-order valence-corrected chi connectivity index (χ1v) is 21.5. The summed E-state index contributed by atoms with van der Waals surface area (Å²) >= 11 is 0. The summed E-state index contributed by atoms with van der Waals surface area (Å²) in [6, 6.07) is 86.8. The molecule has 296 valence electrons. The third-order valence-corrected chi connectivity index (χ3v) is 12.7. The van der Waals surface area contributed by atoms with Crippen molar-refractivity contribution in [1.29, 1.82) is 0 Å². The van der Waals surface area contributed by atoms with E-state index >= 15 is 0 Å². The molecule has 0 fully saturated rings. The van der Waals surface area contributed by atoms with E-state index in [0.29, 0.717) is 5.82 Å². The summed E-state index contributed by atoms with van der Waals surface area (Å²) in [6.45, 7) is 0. The first-order valence-electron chi connectivity index (χ1n) is 21.5. The van der Waals surface area contributed by atoms with Crippen molar-refractivity contribution < 1.29 is 0 Å². The van der Waals surface area contributed by atoms with Crippen LogP contribution in [0.3, 0.4) is 0 Å². The zero-order valence-electron chi connectivity index (χ0n) is 34.4. The van der Waals surface area contributed by atoms with Crippen LogP contribution in [-0.2, 0) is 5.41 Å². The summed E-state index contributed by atoms with van der Waals surface area (Å²) in [6.07, 6.45) is 0. The number of aromatic nitrogens is 4. The van der Waals surface area contributed by atoms with E-state index in [4.69, 9.17) is 9.97 Å². The van der Waals surface area contributed by atoms with Crippen LogP contribution in [0, 0.1) is 0 Å². The van der Waals surface area contributed by atoms with Crippen LogP contribution in [-0.4, -0.2) is 19.1 Å². The number of hydrogen-bond acceptors (Lipinski definition) is 2. The van der Waals surface area contributed by atoms with E-state index in [0.717, 1.165) is 56.0 Å². The van der Waals surface area contributed by atoms with Crippen molar-refractivity contribution in [2.24, 2.45) is 0 Å². The Bertz CT molecular complexity index is 3420. The molecule has 0 radical (unpaired) electrons. The Morgan fingerprint density at radius 1 is 0.317 bits per heavy atom. The van der Waals surface area contributed by atoms with Gasteiger partial charge >= 0.3 is 0 Å². The summed E-state index contributed by atoms with van der Waals surface area (Å²) in [5.74, 6) is 1.45. The fourth-order valence-electron chi connectivity index (χ4n) is 10.0. The lowest BCUT2D eigenvalue weighted by Gasteiger charge is -2.37. The third-order valence-electron chi connectivity index (χ3n) is 12.7. The van der Waals surface area contributed by atoms with Crippen molar-refractivity contribution in [2.45, 2.75) is 5.41 Å².